The molecule has 0 nitrogen and oxygen atoms in total. The lowest BCUT2D eigenvalue weighted by Crippen LogP contribution is -0.552. The van der Waals surface area contributed by atoms with Gasteiger partial charge in [-0.25, -0.2) is 0 Å². The Kier molecular flexibility index (Phi) is 1220. The Morgan fingerprint density at radius 2 is 0.500 bits per heavy atom. The zero-order valence-corrected chi connectivity index (χ0v) is 7.41. The second kappa shape index (κ2) is 125. The van der Waals surface area contributed by atoms with Crippen molar-refractivity contribution in [3.8, 4) is 0 Å². The third kappa shape index (κ3) is 67.8. The quantitative estimate of drug-likeness (QED) is 0.473. The van der Waals surface area contributed by atoms with Crippen molar-refractivity contribution < 1.29 is 0 Å². The summed E-state index contributed by atoms with van der Waals surface area (Å²) in [6, 6.07) is 0. The van der Waals surface area contributed by atoms with Gasteiger partial charge in [-0.05, 0) is 0 Å². The van der Waals surface area contributed by atoms with Crippen LogP contribution in [0.3, 0.4) is 0 Å². The molecular weight excluding hydrogens is 152 g/mol. The molecule has 0 N–H and O–H groups in total. The Balaban J connectivity index is -0.000000000833. The minimum Gasteiger partial charge on any atom is -0.197 e. The van der Waals surface area contributed by atoms with E-state index in [1.165, 1.54) is 0 Å². The van der Waals surface area contributed by atoms with Gasteiger partial charge in [0.25, 0.3) is 0 Å². The zero-order valence-electron chi connectivity index (χ0n) is 3.41. The number of hydrogen-bond acceptors (Lipinski definition) is 0. The molecular formula is C2H12S4. The lowest BCUT2D eigenvalue weighted by atomic mass is 11.3. The fourth-order valence-electron chi connectivity index (χ4n) is 0. The summed E-state index contributed by atoms with van der Waals surface area (Å²) in [5, 5.41) is 0. The summed E-state index contributed by atoms with van der Waals surface area (Å²) in [7, 11) is 0. The van der Waals surface area contributed by atoms with Crippen molar-refractivity contribution >= 4 is 54.0 Å². The molecule has 0 radical (unpaired) electrons. The summed E-state index contributed by atoms with van der Waals surface area (Å²) < 4.78 is 0. The number of rotatable bonds is 0. The van der Waals surface area contributed by atoms with Gasteiger partial charge in [-0.1, -0.05) is 0 Å². The molecule has 0 aromatic rings. The van der Waals surface area contributed by atoms with Crippen molar-refractivity contribution in [2.75, 3.05) is 0 Å². The van der Waals surface area contributed by atoms with Crippen LogP contribution in [-0.4, -0.2) is 0 Å². The van der Waals surface area contributed by atoms with E-state index in [-0.39, 0.29) is 54.0 Å². The molecule has 0 amide bonds. The molecule has 0 atom stereocenters. The van der Waals surface area contributed by atoms with Crippen LogP contribution in [0.2, 0.25) is 0 Å². The third-order valence-electron chi connectivity index (χ3n) is 0. The molecule has 0 aliphatic carbocycles. The molecule has 0 aliphatic heterocycles. The Bertz CT molecular complexity index is 5.51. The first-order valence-electron chi connectivity index (χ1n) is 0.500. The van der Waals surface area contributed by atoms with Crippen molar-refractivity contribution in [2.45, 2.75) is 0 Å². The molecule has 6 heavy (non-hydrogen) atoms. The average Bonchev–Trinajstić information content (AvgIpc) is 1.00. The molecule has 0 fully saturated rings. The van der Waals surface area contributed by atoms with Gasteiger partial charge in [-0.15, -0.1) is 13.2 Å². The molecule has 0 saturated carbocycles. The van der Waals surface area contributed by atoms with Gasteiger partial charge in [-0.3, -0.25) is 0 Å². The second-order valence-electron chi connectivity index (χ2n) is 0. The molecule has 0 aromatic carbocycles. The summed E-state index contributed by atoms with van der Waals surface area (Å²) in [5.74, 6) is 0. The summed E-state index contributed by atoms with van der Waals surface area (Å²) in [6.45, 7) is 6.00. The molecule has 44 valence electrons. The van der Waals surface area contributed by atoms with Crippen molar-refractivity contribution in [2.24, 2.45) is 0 Å². The van der Waals surface area contributed by atoms with Crippen LogP contribution in [0.25, 0.3) is 0 Å². The van der Waals surface area contributed by atoms with Crippen LogP contribution in [0.5, 0.6) is 0 Å². The van der Waals surface area contributed by atoms with Crippen molar-refractivity contribution in [3.05, 3.63) is 13.2 Å². The highest BCUT2D eigenvalue weighted by Gasteiger charge is 0.601. The van der Waals surface area contributed by atoms with Gasteiger partial charge in [-0.2, -0.15) is 54.0 Å². The molecule has 0 bridgehead atoms. The minimum absolute atomic E-state index is 0. The zero-order chi connectivity index (χ0) is 2.00. The summed E-state index contributed by atoms with van der Waals surface area (Å²) in [6.07, 6.45) is 0. The van der Waals surface area contributed by atoms with E-state index in [9.17, 15) is 0 Å². The van der Waals surface area contributed by atoms with E-state index in [0.717, 1.165) is 0 Å². The van der Waals surface area contributed by atoms with Crippen molar-refractivity contribution in [1.82, 2.24) is 0 Å². The Morgan fingerprint density at radius 3 is 0.500 bits per heavy atom. The summed E-state index contributed by atoms with van der Waals surface area (Å²) in [4.78, 5) is 0. The molecule has 4 heteroatoms. The highest BCUT2D eigenvalue weighted by Crippen LogP contribution is 0.862. The van der Waals surface area contributed by atoms with Crippen LogP contribution < -0.4 is 0 Å². The molecule has 0 unspecified atom stereocenters. The predicted molar refractivity (Wildman–Crippen MR) is 52.8 cm³/mol. The first-order valence-corrected chi connectivity index (χ1v) is 0.500. The summed E-state index contributed by atoms with van der Waals surface area (Å²) >= 11 is 0. The van der Waals surface area contributed by atoms with Gasteiger partial charge >= 0.3 is 0 Å². The van der Waals surface area contributed by atoms with E-state index in [1.807, 2.05) is 0 Å². The Hall–Kier alpha value is 1.14. The third-order valence-corrected chi connectivity index (χ3v) is 0. The summed E-state index contributed by atoms with van der Waals surface area (Å²) in [5.41, 5.74) is 0. The Labute approximate surface area is 67.2 Å². The van der Waals surface area contributed by atoms with Crippen LogP contribution in [0.15, 0.2) is 13.2 Å². The van der Waals surface area contributed by atoms with Crippen LogP contribution in [0.1, 0.15) is 0 Å². The van der Waals surface area contributed by atoms with Crippen LogP contribution in [0, 0.1) is 0 Å². The van der Waals surface area contributed by atoms with Gasteiger partial charge in [0.05, 0.1) is 0 Å². The smallest absolute Gasteiger partial charge is 0.106 e. The Morgan fingerprint density at radius 1 is 0.500 bits per heavy atom. The van der Waals surface area contributed by atoms with E-state index >= 15 is 0 Å². The normalized spacial score (nSPS) is 0.667. The van der Waals surface area contributed by atoms with Crippen molar-refractivity contribution in [3.63, 3.8) is 0 Å². The number of hydrogen-bond donors (Lipinski definition) is 0. The van der Waals surface area contributed by atoms with E-state index < -0.39 is 0 Å². The minimum atomic E-state index is 0. The van der Waals surface area contributed by atoms with Gasteiger partial charge in [0, 0.05) is 0 Å². The monoisotopic (exact) mass is 164 g/mol. The van der Waals surface area contributed by atoms with Gasteiger partial charge < -0.3 is 0 Å². The lowest BCUT2D eigenvalue weighted by Gasteiger charge is -0.813. The van der Waals surface area contributed by atoms with Crippen molar-refractivity contribution in [1.29, 1.82) is 0 Å². The van der Waals surface area contributed by atoms with Crippen LogP contribution >= 0.6 is 54.0 Å². The largest absolute Gasteiger partial charge is 0.197 e. The van der Waals surface area contributed by atoms with E-state index in [1.54, 1.807) is 0 Å². The highest BCUT2D eigenvalue weighted by molar-refractivity contribution is 7.59. The fraction of sp³-hybridized carbons (Fsp3) is 0. The fourth-order valence-corrected chi connectivity index (χ4v) is 0. The van der Waals surface area contributed by atoms with Gasteiger partial charge in [0.15, 0.2) is 0 Å². The molecule has 0 heterocycles. The highest BCUT2D eigenvalue weighted by atomic mass is 32.1. The first kappa shape index (κ1) is 58.8. The van der Waals surface area contributed by atoms with E-state index in [4.69, 9.17) is 0 Å². The second-order valence-corrected chi connectivity index (χ2v) is 0. The van der Waals surface area contributed by atoms with Crippen LogP contribution in [0.4, 0.5) is 0 Å². The van der Waals surface area contributed by atoms with Gasteiger partial charge in [0.1, 0.15) is 0 Å². The molecule has 0 rings (SSSR count). The van der Waals surface area contributed by atoms with E-state index in [2.05, 4.69) is 13.2 Å². The lowest BCUT2D eigenvalue weighted by molar-refractivity contribution is 2.81. The average molecular weight is 164 g/mol. The molecule has 0 saturated heterocycles. The van der Waals surface area contributed by atoms with Gasteiger partial charge in [0.2, 0.25) is 0 Å². The first-order chi connectivity index (χ1) is 1.00. The standard InChI is InChI=1S/C2H4.4H2S/c1-2;;;;/h1-2H2;4*1H2. The maximum absolute atomic E-state index is 3.00. The molecule has 0 aromatic heterocycles. The maximum atomic E-state index is 3.00. The molecule has 0 spiro atoms. The topological polar surface area (TPSA) is 0 Å². The predicted octanol–water partition coefficient (Wildman–Crippen LogP) is 1.25. The SMILES string of the molecule is C=C.S.S.S.S. The molecule has 0 aliphatic rings. The maximum Gasteiger partial charge on any atom is -0.106 e. The van der Waals surface area contributed by atoms with E-state index in [0.29, 0.717) is 0 Å². The van der Waals surface area contributed by atoms with Crippen LogP contribution in [-0.2, 0) is 0 Å².